The number of benzene rings is 2. The monoisotopic (exact) mass is 267 g/mol. The van der Waals surface area contributed by atoms with Crippen LogP contribution in [-0.2, 0) is 6.54 Å². The number of carbonyl (C=O) groups excluding carboxylic acids is 1. The van der Waals surface area contributed by atoms with E-state index in [4.69, 9.17) is 0 Å². The van der Waals surface area contributed by atoms with Crippen molar-refractivity contribution in [1.29, 1.82) is 0 Å². The Morgan fingerprint density at radius 2 is 1.75 bits per heavy atom. The molecule has 2 heteroatoms. The maximum absolute atomic E-state index is 12.6. The molecule has 2 aromatic carbocycles. The Balaban J connectivity index is 2.21. The normalized spacial score (nSPS) is 10.3. The Morgan fingerprint density at radius 1 is 1.05 bits per heavy atom. The van der Waals surface area contributed by atoms with Crippen molar-refractivity contribution in [2.24, 2.45) is 0 Å². The van der Waals surface area contributed by atoms with Crippen molar-refractivity contribution in [1.82, 2.24) is 4.90 Å². The molecule has 0 aromatic heterocycles. The van der Waals surface area contributed by atoms with Crippen LogP contribution in [0.15, 0.2) is 48.5 Å². The lowest BCUT2D eigenvalue weighted by Crippen LogP contribution is -2.30. The van der Waals surface area contributed by atoms with Gasteiger partial charge in [0.15, 0.2) is 0 Å². The molecule has 0 fully saturated rings. The molecule has 0 aliphatic rings. The van der Waals surface area contributed by atoms with Crippen LogP contribution in [0.5, 0.6) is 0 Å². The molecule has 0 spiro atoms. The van der Waals surface area contributed by atoms with Gasteiger partial charge < -0.3 is 4.90 Å². The fraction of sp³-hybridized carbons (Fsp3) is 0.278. The SMILES string of the molecule is CCN(Cc1ccccc1)C(=O)c1ccc(C)cc1C. The van der Waals surface area contributed by atoms with Gasteiger partial charge in [0.1, 0.15) is 0 Å². The van der Waals surface area contributed by atoms with Crippen molar-refractivity contribution in [2.45, 2.75) is 27.3 Å². The summed E-state index contributed by atoms with van der Waals surface area (Å²) in [5.41, 5.74) is 4.19. The lowest BCUT2D eigenvalue weighted by atomic mass is 10.0. The first-order valence-corrected chi connectivity index (χ1v) is 7.02. The maximum Gasteiger partial charge on any atom is 0.254 e. The summed E-state index contributed by atoms with van der Waals surface area (Å²) in [6, 6.07) is 16.1. The molecule has 0 radical (unpaired) electrons. The molecule has 0 saturated heterocycles. The molecule has 0 aliphatic heterocycles. The third-order valence-corrected chi connectivity index (χ3v) is 3.50. The van der Waals surface area contributed by atoms with Gasteiger partial charge in [-0.2, -0.15) is 0 Å². The van der Waals surface area contributed by atoms with Crippen LogP contribution in [0.3, 0.4) is 0 Å². The first-order valence-electron chi connectivity index (χ1n) is 7.02. The molecule has 2 aromatic rings. The van der Waals surface area contributed by atoms with Crippen molar-refractivity contribution >= 4 is 5.91 Å². The molecule has 0 heterocycles. The largest absolute Gasteiger partial charge is 0.335 e. The molecule has 0 aliphatic carbocycles. The zero-order chi connectivity index (χ0) is 14.5. The van der Waals surface area contributed by atoms with Gasteiger partial charge in [-0.3, -0.25) is 4.79 Å². The number of aryl methyl sites for hydroxylation is 2. The zero-order valence-electron chi connectivity index (χ0n) is 12.4. The second kappa shape index (κ2) is 6.38. The summed E-state index contributed by atoms with van der Waals surface area (Å²) in [6.45, 7) is 7.42. The number of rotatable bonds is 4. The van der Waals surface area contributed by atoms with Crippen LogP contribution in [0.1, 0.15) is 34.0 Å². The lowest BCUT2D eigenvalue weighted by molar-refractivity contribution is 0.0752. The van der Waals surface area contributed by atoms with E-state index in [1.165, 1.54) is 5.56 Å². The molecule has 2 nitrogen and oxygen atoms in total. The van der Waals surface area contributed by atoms with Gasteiger partial charge in [-0.1, -0.05) is 48.0 Å². The second-order valence-electron chi connectivity index (χ2n) is 5.12. The third kappa shape index (κ3) is 3.27. The minimum absolute atomic E-state index is 0.105. The topological polar surface area (TPSA) is 20.3 Å². The van der Waals surface area contributed by atoms with E-state index in [1.807, 2.05) is 56.0 Å². The van der Waals surface area contributed by atoms with Crippen molar-refractivity contribution in [3.8, 4) is 0 Å². The van der Waals surface area contributed by atoms with E-state index in [0.717, 1.165) is 16.7 Å². The molecule has 0 saturated carbocycles. The highest BCUT2D eigenvalue weighted by atomic mass is 16.2. The summed E-state index contributed by atoms with van der Waals surface area (Å²) in [4.78, 5) is 14.5. The molecule has 104 valence electrons. The van der Waals surface area contributed by atoms with Gasteiger partial charge in [-0.15, -0.1) is 0 Å². The summed E-state index contributed by atoms with van der Waals surface area (Å²) >= 11 is 0. The highest BCUT2D eigenvalue weighted by Crippen LogP contribution is 2.15. The number of hydrogen-bond acceptors (Lipinski definition) is 1. The van der Waals surface area contributed by atoms with E-state index in [0.29, 0.717) is 13.1 Å². The van der Waals surface area contributed by atoms with E-state index in [1.54, 1.807) is 0 Å². The van der Waals surface area contributed by atoms with Crippen LogP contribution in [0, 0.1) is 13.8 Å². The standard InChI is InChI=1S/C18H21NO/c1-4-19(13-16-8-6-5-7-9-16)18(20)17-11-10-14(2)12-15(17)3/h5-12H,4,13H2,1-3H3. The first-order chi connectivity index (χ1) is 9.61. The number of amides is 1. The molecule has 1 amide bonds. The van der Waals surface area contributed by atoms with Gasteiger partial charge in [0, 0.05) is 18.7 Å². The molecule has 0 unspecified atom stereocenters. The fourth-order valence-corrected chi connectivity index (χ4v) is 2.35. The second-order valence-corrected chi connectivity index (χ2v) is 5.12. The Hall–Kier alpha value is -2.09. The number of nitrogens with zero attached hydrogens (tertiary/aromatic N) is 1. The van der Waals surface area contributed by atoms with E-state index < -0.39 is 0 Å². The Labute approximate surface area is 121 Å². The van der Waals surface area contributed by atoms with E-state index >= 15 is 0 Å². The smallest absolute Gasteiger partial charge is 0.254 e. The van der Waals surface area contributed by atoms with Crippen molar-refractivity contribution in [3.63, 3.8) is 0 Å². The van der Waals surface area contributed by atoms with Crippen LogP contribution in [-0.4, -0.2) is 17.4 Å². The summed E-state index contributed by atoms with van der Waals surface area (Å²) < 4.78 is 0. The molecular formula is C18H21NO. The van der Waals surface area contributed by atoms with Crippen LogP contribution < -0.4 is 0 Å². The van der Waals surface area contributed by atoms with Gasteiger partial charge in [0.2, 0.25) is 0 Å². The number of hydrogen-bond donors (Lipinski definition) is 0. The van der Waals surface area contributed by atoms with Gasteiger partial charge in [-0.05, 0) is 38.0 Å². The van der Waals surface area contributed by atoms with Gasteiger partial charge >= 0.3 is 0 Å². The number of carbonyl (C=O) groups is 1. The third-order valence-electron chi connectivity index (χ3n) is 3.50. The lowest BCUT2D eigenvalue weighted by Gasteiger charge is -2.22. The minimum atomic E-state index is 0.105. The van der Waals surface area contributed by atoms with Gasteiger partial charge in [-0.25, -0.2) is 0 Å². The van der Waals surface area contributed by atoms with Crippen molar-refractivity contribution in [2.75, 3.05) is 6.54 Å². The molecule has 0 N–H and O–H groups in total. The van der Waals surface area contributed by atoms with E-state index in [2.05, 4.69) is 18.2 Å². The molecule has 2 rings (SSSR count). The van der Waals surface area contributed by atoms with E-state index in [9.17, 15) is 4.79 Å². The highest BCUT2D eigenvalue weighted by molar-refractivity contribution is 5.95. The predicted octanol–water partition coefficient (Wildman–Crippen LogP) is 3.97. The molecule has 20 heavy (non-hydrogen) atoms. The van der Waals surface area contributed by atoms with Crippen LogP contribution >= 0.6 is 0 Å². The van der Waals surface area contributed by atoms with Crippen LogP contribution in [0.4, 0.5) is 0 Å². The molecule has 0 bridgehead atoms. The minimum Gasteiger partial charge on any atom is -0.335 e. The average molecular weight is 267 g/mol. The zero-order valence-corrected chi connectivity index (χ0v) is 12.4. The van der Waals surface area contributed by atoms with Crippen LogP contribution in [0.2, 0.25) is 0 Å². The average Bonchev–Trinajstić information content (AvgIpc) is 2.45. The molecular weight excluding hydrogens is 246 g/mol. The summed E-state index contributed by atoms with van der Waals surface area (Å²) in [7, 11) is 0. The van der Waals surface area contributed by atoms with Gasteiger partial charge in [0.25, 0.3) is 5.91 Å². The maximum atomic E-state index is 12.6. The quantitative estimate of drug-likeness (QED) is 0.821. The van der Waals surface area contributed by atoms with E-state index in [-0.39, 0.29) is 5.91 Å². The summed E-state index contributed by atoms with van der Waals surface area (Å²) in [6.07, 6.45) is 0. The van der Waals surface area contributed by atoms with Crippen molar-refractivity contribution < 1.29 is 4.79 Å². The first kappa shape index (κ1) is 14.3. The van der Waals surface area contributed by atoms with Crippen molar-refractivity contribution in [3.05, 3.63) is 70.8 Å². The summed E-state index contributed by atoms with van der Waals surface area (Å²) in [5.74, 6) is 0.105. The summed E-state index contributed by atoms with van der Waals surface area (Å²) in [5, 5.41) is 0. The Bertz CT molecular complexity index is 590. The Kier molecular flexibility index (Phi) is 4.57. The van der Waals surface area contributed by atoms with Gasteiger partial charge in [0.05, 0.1) is 0 Å². The molecule has 0 atom stereocenters. The predicted molar refractivity (Wildman–Crippen MR) is 82.8 cm³/mol. The highest BCUT2D eigenvalue weighted by Gasteiger charge is 2.16. The fourth-order valence-electron chi connectivity index (χ4n) is 2.35. The van der Waals surface area contributed by atoms with Crippen LogP contribution in [0.25, 0.3) is 0 Å². The Morgan fingerprint density at radius 3 is 2.35 bits per heavy atom.